The van der Waals surface area contributed by atoms with Gasteiger partial charge in [-0.05, 0) is 28.8 Å². The molecule has 4 aromatic rings. The third kappa shape index (κ3) is 4.99. The third-order valence-electron chi connectivity index (χ3n) is 4.93. The highest BCUT2D eigenvalue weighted by molar-refractivity contribution is 5.91. The summed E-state index contributed by atoms with van der Waals surface area (Å²) in [6.45, 7) is 0.723. The number of aromatic nitrogens is 2. The molecule has 0 saturated heterocycles. The molecule has 1 amide bonds. The van der Waals surface area contributed by atoms with Gasteiger partial charge in [-0.2, -0.15) is 0 Å². The summed E-state index contributed by atoms with van der Waals surface area (Å²) in [6, 6.07) is 28.3. The molecule has 1 N–H and O–H groups in total. The van der Waals surface area contributed by atoms with E-state index >= 15 is 0 Å². The van der Waals surface area contributed by atoms with Crippen molar-refractivity contribution in [2.24, 2.45) is 0 Å². The standard InChI is InChI=1S/C25H23N3O/c29-25(27-23-13-7-8-20(16-23)18-28-15-14-26-19-28)17-24(21-9-3-1-4-10-21)22-11-5-2-6-12-22/h1-16,19,24H,17-18H2,(H,27,29). The summed E-state index contributed by atoms with van der Waals surface area (Å²) in [5.41, 5.74) is 4.21. The first-order chi connectivity index (χ1) is 14.3. The van der Waals surface area contributed by atoms with Crippen LogP contribution in [-0.4, -0.2) is 15.5 Å². The Morgan fingerprint density at radius 3 is 2.21 bits per heavy atom. The zero-order valence-electron chi connectivity index (χ0n) is 16.1. The van der Waals surface area contributed by atoms with Gasteiger partial charge in [0, 0.05) is 37.0 Å². The summed E-state index contributed by atoms with van der Waals surface area (Å²) in [4.78, 5) is 16.9. The Morgan fingerprint density at radius 2 is 1.59 bits per heavy atom. The summed E-state index contributed by atoms with van der Waals surface area (Å²) in [7, 11) is 0. The molecule has 0 radical (unpaired) electrons. The summed E-state index contributed by atoms with van der Waals surface area (Å²) < 4.78 is 2.00. The Morgan fingerprint density at radius 1 is 0.897 bits per heavy atom. The molecule has 1 heterocycles. The molecule has 0 spiro atoms. The monoisotopic (exact) mass is 381 g/mol. The van der Waals surface area contributed by atoms with E-state index < -0.39 is 0 Å². The van der Waals surface area contributed by atoms with Crippen LogP contribution in [0, 0.1) is 0 Å². The second-order valence-electron chi connectivity index (χ2n) is 7.06. The molecule has 4 rings (SSSR count). The number of hydrogen-bond donors (Lipinski definition) is 1. The van der Waals surface area contributed by atoms with E-state index in [0.717, 1.165) is 28.9 Å². The first-order valence-corrected chi connectivity index (χ1v) is 9.72. The van der Waals surface area contributed by atoms with Gasteiger partial charge in [0.15, 0.2) is 0 Å². The van der Waals surface area contributed by atoms with Crippen LogP contribution in [0.15, 0.2) is 104 Å². The molecule has 0 aliphatic rings. The molecule has 4 nitrogen and oxygen atoms in total. The molecule has 0 aliphatic heterocycles. The van der Waals surface area contributed by atoms with Gasteiger partial charge in [-0.25, -0.2) is 4.98 Å². The molecule has 29 heavy (non-hydrogen) atoms. The number of carbonyl (C=O) groups excluding carboxylic acids is 1. The van der Waals surface area contributed by atoms with Gasteiger partial charge in [-0.15, -0.1) is 0 Å². The number of nitrogens with zero attached hydrogens (tertiary/aromatic N) is 2. The van der Waals surface area contributed by atoms with E-state index in [1.165, 1.54) is 0 Å². The summed E-state index contributed by atoms with van der Waals surface area (Å²) in [6.07, 6.45) is 5.86. The molecule has 4 heteroatoms. The highest BCUT2D eigenvalue weighted by Gasteiger charge is 2.18. The highest BCUT2D eigenvalue weighted by atomic mass is 16.1. The number of benzene rings is 3. The molecule has 0 atom stereocenters. The van der Waals surface area contributed by atoms with E-state index in [9.17, 15) is 4.79 Å². The lowest BCUT2D eigenvalue weighted by molar-refractivity contribution is -0.116. The van der Waals surface area contributed by atoms with Crippen molar-refractivity contribution in [3.63, 3.8) is 0 Å². The van der Waals surface area contributed by atoms with Crippen LogP contribution in [0.2, 0.25) is 0 Å². The Balaban J connectivity index is 1.48. The second kappa shape index (κ2) is 9.02. The Labute approximate surface area is 170 Å². The van der Waals surface area contributed by atoms with E-state index in [-0.39, 0.29) is 11.8 Å². The molecule has 144 valence electrons. The van der Waals surface area contributed by atoms with Crippen molar-refractivity contribution in [1.29, 1.82) is 0 Å². The van der Waals surface area contributed by atoms with Gasteiger partial charge in [0.1, 0.15) is 0 Å². The van der Waals surface area contributed by atoms with Gasteiger partial charge in [-0.3, -0.25) is 4.79 Å². The van der Waals surface area contributed by atoms with Gasteiger partial charge in [0.25, 0.3) is 0 Å². The van der Waals surface area contributed by atoms with Gasteiger partial charge in [-0.1, -0.05) is 72.8 Å². The molecular formula is C25H23N3O. The average molecular weight is 381 g/mol. The SMILES string of the molecule is O=C(CC(c1ccccc1)c1ccccc1)Nc1cccc(Cn2ccnc2)c1. The second-order valence-corrected chi connectivity index (χ2v) is 7.06. The van der Waals surface area contributed by atoms with Crippen molar-refractivity contribution in [3.8, 4) is 0 Å². The largest absolute Gasteiger partial charge is 0.333 e. The van der Waals surface area contributed by atoms with Crippen LogP contribution in [0.1, 0.15) is 29.0 Å². The summed E-state index contributed by atoms with van der Waals surface area (Å²) >= 11 is 0. The van der Waals surface area contributed by atoms with Crippen molar-refractivity contribution < 1.29 is 4.79 Å². The Hall–Kier alpha value is -3.66. The molecule has 0 bridgehead atoms. The van der Waals surface area contributed by atoms with E-state index in [1.54, 1.807) is 12.5 Å². The lowest BCUT2D eigenvalue weighted by Gasteiger charge is -2.18. The first kappa shape index (κ1) is 18.7. The van der Waals surface area contributed by atoms with Gasteiger partial charge in [0.05, 0.1) is 6.33 Å². The maximum atomic E-state index is 12.9. The number of carbonyl (C=O) groups is 1. The van der Waals surface area contributed by atoms with Crippen LogP contribution in [-0.2, 0) is 11.3 Å². The van der Waals surface area contributed by atoms with E-state index in [2.05, 4.69) is 34.6 Å². The van der Waals surface area contributed by atoms with Crippen LogP contribution in [0.3, 0.4) is 0 Å². The molecule has 3 aromatic carbocycles. The van der Waals surface area contributed by atoms with E-state index in [0.29, 0.717) is 6.42 Å². The molecule has 0 saturated carbocycles. The zero-order valence-corrected chi connectivity index (χ0v) is 16.1. The van der Waals surface area contributed by atoms with Crippen LogP contribution >= 0.6 is 0 Å². The van der Waals surface area contributed by atoms with Crippen molar-refractivity contribution in [3.05, 3.63) is 120 Å². The summed E-state index contributed by atoms with van der Waals surface area (Å²) in [5, 5.41) is 3.07. The van der Waals surface area contributed by atoms with Crippen LogP contribution in [0.4, 0.5) is 5.69 Å². The van der Waals surface area contributed by atoms with Crippen LogP contribution in [0.5, 0.6) is 0 Å². The molecule has 1 aromatic heterocycles. The fraction of sp³-hybridized carbons (Fsp3) is 0.120. The van der Waals surface area contributed by atoms with Gasteiger partial charge >= 0.3 is 0 Å². The van der Waals surface area contributed by atoms with E-state index in [1.807, 2.05) is 71.4 Å². The minimum absolute atomic E-state index is 0.00230. The highest BCUT2D eigenvalue weighted by Crippen LogP contribution is 2.28. The van der Waals surface area contributed by atoms with Crippen LogP contribution < -0.4 is 5.32 Å². The first-order valence-electron chi connectivity index (χ1n) is 9.72. The molecule has 0 unspecified atom stereocenters. The topological polar surface area (TPSA) is 46.9 Å². The molecule has 0 fully saturated rings. The molecule has 0 aliphatic carbocycles. The number of amides is 1. The average Bonchev–Trinajstić information content (AvgIpc) is 3.26. The number of nitrogens with one attached hydrogen (secondary N) is 1. The Kier molecular flexibility index (Phi) is 5.81. The normalized spacial score (nSPS) is 10.8. The smallest absolute Gasteiger partial charge is 0.225 e. The molecular weight excluding hydrogens is 358 g/mol. The number of imidazole rings is 1. The number of hydrogen-bond acceptors (Lipinski definition) is 2. The predicted molar refractivity (Wildman–Crippen MR) is 116 cm³/mol. The fourth-order valence-corrected chi connectivity index (χ4v) is 3.53. The maximum Gasteiger partial charge on any atom is 0.225 e. The lowest BCUT2D eigenvalue weighted by Crippen LogP contribution is -2.16. The fourth-order valence-electron chi connectivity index (χ4n) is 3.53. The van der Waals surface area contributed by atoms with Gasteiger partial charge < -0.3 is 9.88 Å². The van der Waals surface area contributed by atoms with Gasteiger partial charge in [0.2, 0.25) is 5.91 Å². The number of rotatable bonds is 7. The lowest BCUT2D eigenvalue weighted by atomic mass is 9.88. The summed E-state index contributed by atoms with van der Waals surface area (Å²) in [5.74, 6) is 0.0222. The Bertz CT molecular complexity index is 1000. The minimum Gasteiger partial charge on any atom is -0.333 e. The van der Waals surface area contributed by atoms with E-state index in [4.69, 9.17) is 0 Å². The minimum atomic E-state index is 0.00230. The van der Waals surface area contributed by atoms with Crippen molar-refractivity contribution in [2.45, 2.75) is 18.9 Å². The number of anilines is 1. The predicted octanol–water partition coefficient (Wildman–Crippen LogP) is 5.09. The van der Waals surface area contributed by atoms with Crippen LogP contribution in [0.25, 0.3) is 0 Å². The van der Waals surface area contributed by atoms with Crippen molar-refractivity contribution in [2.75, 3.05) is 5.32 Å². The zero-order chi connectivity index (χ0) is 19.9. The maximum absolute atomic E-state index is 12.9. The van der Waals surface area contributed by atoms with Crippen molar-refractivity contribution >= 4 is 11.6 Å². The third-order valence-corrected chi connectivity index (χ3v) is 4.93. The van der Waals surface area contributed by atoms with Crippen molar-refractivity contribution in [1.82, 2.24) is 9.55 Å². The quantitative estimate of drug-likeness (QED) is 0.485.